The zero-order valence-corrected chi connectivity index (χ0v) is 13.0. The molecular weight excluding hydrogens is 262 g/mol. The summed E-state index contributed by atoms with van der Waals surface area (Å²) in [6, 6.07) is 0.507. The van der Waals surface area contributed by atoms with Crippen molar-refractivity contribution in [1.29, 1.82) is 0 Å². The molecule has 112 valence electrons. The predicted molar refractivity (Wildman–Crippen MR) is 77.2 cm³/mol. The van der Waals surface area contributed by atoms with Crippen LogP contribution in [0.1, 0.15) is 46.0 Å². The number of hydrogen-bond donors (Lipinski definition) is 1. The summed E-state index contributed by atoms with van der Waals surface area (Å²) in [5, 5.41) is 3.48. The summed E-state index contributed by atoms with van der Waals surface area (Å²) < 4.78 is 28.8. The van der Waals surface area contributed by atoms with Gasteiger partial charge in [-0.2, -0.15) is 17.0 Å². The SMILES string of the molecule is CCN(CC)S(=O)(=O)N1CCCCC1C1CCCN1. The summed E-state index contributed by atoms with van der Waals surface area (Å²) in [7, 11) is -3.28. The van der Waals surface area contributed by atoms with Crippen LogP contribution in [0.3, 0.4) is 0 Å². The van der Waals surface area contributed by atoms with Crippen LogP contribution >= 0.6 is 0 Å². The largest absolute Gasteiger partial charge is 0.312 e. The first kappa shape index (κ1) is 15.2. The van der Waals surface area contributed by atoms with E-state index in [2.05, 4.69) is 5.32 Å². The monoisotopic (exact) mass is 289 g/mol. The highest BCUT2D eigenvalue weighted by Gasteiger charge is 2.39. The molecular formula is C13H27N3O2S. The first-order valence-electron chi connectivity index (χ1n) is 7.61. The zero-order chi connectivity index (χ0) is 13.9. The summed E-state index contributed by atoms with van der Waals surface area (Å²) in [5.41, 5.74) is 0. The highest BCUT2D eigenvalue weighted by molar-refractivity contribution is 7.86. The lowest BCUT2D eigenvalue weighted by Crippen LogP contribution is -2.56. The quantitative estimate of drug-likeness (QED) is 0.827. The van der Waals surface area contributed by atoms with Crippen LogP contribution < -0.4 is 5.32 Å². The van der Waals surface area contributed by atoms with Crippen LogP contribution in [0, 0.1) is 0 Å². The first-order chi connectivity index (χ1) is 9.11. The topological polar surface area (TPSA) is 52.7 Å². The molecule has 0 aromatic carbocycles. The van der Waals surface area contributed by atoms with Crippen molar-refractivity contribution in [1.82, 2.24) is 13.9 Å². The van der Waals surface area contributed by atoms with Gasteiger partial charge in [0.25, 0.3) is 10.2 Å². The highest BCUT2D eigenvalue weighted by Crippen LogP contribution is 2.27. The molecule has 2 heterocycles. The van der Waals surface area contributed by atoms with E-state index in [0.29, 0.717) is 25.7 Å². The van der Waals surface area contributed by atoms with Gasteiger partial charge in [0.15, 0.2) is 0 Å². The average molecular weight is 289 g/mol. The number of rotatable bonds is 5. The zero-order valence-electron chi connectivity index (χ0n) is 12.1. The van der Waals surface area contributed by atoms with Gasteiger partial charge in [-0.05, 0) is 32.2 Å². The third-order valence-electron chi connectivity index (χ3n) is 4.39. The Bertz CT molecular complexity index is 375. The second kappa shape index (κ2) is 6.52. The Morgan fingerprint density at radius 1 is 1.16 bits per heavy atom. The van der Waals surface area contributed by atoms with Crippen molar-refractivity contribution in [3.8, 4) is 0 Å². The minimum absolute atomic E-state index is 0.154. The smallest absolute Gasteiger partial charge is 0.282 e. The molecule has 2 unspecified atom stereocenters. The molecule has 2 saturated heterocycles. The van der Waals surface area contributed by atoms with E-state index in [1.165, 1.54) is 6.42 Å². The third-order valence-corrected chi connectivity index (χ3v) is 6.60. The van der Waals surface area contributed by atoms with Crippen molar-refractivity contribution in [2.24, 2.45) is 0 Å². The highest BCUT2D eigenvalue weighted by atomic mass is 32.2. The molecule has 0 aromatic heterocycles. The van der Waals surface area contributed by atoms with Gasteiger partial charge in [-0.25, -0.2) is 0 Å². The van der Waals surface area contributed by atoms with E-state index in [1.54, 1.807) is 8.61 Å². The maximum absolute atomic E-state index is 12.7. The second-order valence-electron chi connectivity index (χ2n) is 5.47. The Morgan fingerprint density at radius 2 is 1.89 bits per heavy atom. The molecule has 0 spiro atoms. The Balaban J connectivity index is 2.18. The van der Waals surface area contributed by atoms with E-state index < -0.39 is 10.2 Å². The summed E-state index contributed by atoms with van der Waals surface area (Å²) in [6.07, 6.45) is 5.41. The molecule has 5 nitrogen and oxygen atoms in total. The van der Waals surface area contributed by atoms with Crippen molar-refractivity contribution < 1.29 is 8.42 Å². The van der Waals surface area contributed by atoms with Crippen LogP contribution in [0.4, 0.5) is 0 Å². The Morgan fingerprint density at radius 3 is 2.47 bits per heavy atom. The number of piperidine rings is 1. The Labute approximate surface area is 117 Å². The van der Waals surface area contributed by atoms with Gasteiger partial charge < -0.3 is 5.32 Å². The van der Waals surface area contributed by atoms with Crippen LogP contribution in [-0.4, -0.2) is 55.3 Å². The lowest BCUT2D eigenvalue weighted by molar-refractivity contribution is 0.197. The van der Waals surface area contributed by atoms with E-state index in [0.717, 1.165) is 32.2 Å². The van der Waals surface area contributed by atoms with Gasteiger partial charge in [-0.15, -0.1) is 0 Å². The fraction of sp³-hybridized carbons (Fsp3) is 1.00. The van der Waals surface area contributed by atoms with E-state index in [-0.39, 0.29) is 6.04 Å². The van der Waals surface area contributed by atoms with Crippen LogP contribution in [0.25, 0.3) is 0 Å². The fourth-order valence-electron chi connectivity index (χ4n) is 3.36. The van der Waals surface area contributed by atoms with Crippen LogP contribution in [0.15, 0.2) is 0 Å². The molecule has 0 aliphatic carbocycles. The van der Waals surface area contributed by atoms with Gasteiger partial charge in [0.2, 0.25) is 0 Å². The molecule has 0 bridgehead atoms. The summed E-state index contributed by atoms with van der Waals surface area (Å²) in [4.78, 5) is 0. The number of nitrogens with one attached hydrogen (secondary N) is 1. The predicted octanol–water partition coefficient (Wildman–Crippen LogP) is 1.18. The Hall–Kier alpha value is -0.170. The van der Waals surface area contributed by atoms with Gasteiger partial charge >= 0.3 is 0 Å². The van der Waals surface area contributed by atoms with E-state index in [9.17, 15) is 8.42 Å². The van der Waals surface area contributed by atoms with Crippen molar-refractivity contribution in [3.63, 3.8) is 0 Å². The Kier molecular flexibility index (Phi) is 5.22. The fourth-order valence-corrected chi connectivity index (χ4v) is 5.26. The molecule has 2 aliphatic rings. The average Bonchev–Trinajstić information content (AvgIpc) is 2.93. The van der Waals surface area contributed by atoms with Gasteiger partial charge in [-0.1, -0.05) is 20.3 Å². The molecule has 2 atom stereocenters. The van der Waals surface area contributed by atoms with Crippen LogP contribution in [0.5, 0.6) is 0 Å². The van der Waals surface area contributed by atoms with Gasteiger partial charge in [0.1, 0.15) is 0 Å². The lowest BCUT2D eigenvalue weighted by atomic mass is 9.97. The van der Waals surface area contributed by atoms with Crippen molar-refractivity contribution in [2.45, 2.75) is 58.0 Å². The molecule has 0 radical (unpaired) electrons. The molecule has 2 fully saturated rings. The molecule has 0 aromatic rings. The first-order valence-corrected chi connectivity index (χ1v) is 9.01. The summed E-state index contributed by atoms with van der Waals surface area (Å²) >= 11 is 0. The molecule has 19 heavy (non-hydrogen) atoms. The maximum Gasteiger partial charge on any atom is 0.282 e. The normalized spacial score (nSPS) is 30.1. The number of nitrogens with zero attached hydrogens (tertiary/aromatic N) is 2. The van der Waals surface area contributed by atoms with Crippen LogP contribution in [0.2, 0.25) is 0 Å². The molecule has 1 N–H and O–H groups in total. The van der Waals surface area contributed by atoms with Crippen molar-refractivity contribution >= 4 is 10.2 Å². The molecule has 6 heteroatoms. The van der Waals surface area contributed by atoms with Crippen molar-refractivity contribution in [2.75, 3.05) is 26.2 Å². The van der Waals surface area contributed by atoms with E-state index in [4.69, 9.17) is 0 Å². The van der Waals surface area contributed by atoms with Crippen molar-refractivity contribution in [3.05, 3.63) is 0 Å². The van der Waals surface area contributed by atoms with Gasteiger partial charge in [0, 0.05) is 31.7 Å². The second-order valence-corrected chi connectivity index (χ2v) is 7.35. The molecule has 2 rings (SSSR count). The minimum atomic E-state index is -3.28. The minimum Gasteiger partial charge on any atom is -0.312 e. The summed E-state index contributed by atoms with van der Waals surface area (Å²) in [5.74, 6) is 0. The molecule has 0 amide bonds. The summed E-state index contributed by atoms with van der Waals surface area (Å²) in [6.45, 7) is 6.64. The number of hydrogen-bond acceptors (Lipinski definition) is 3. The maximum atomic E-state index is 12.7. The van der Waals surface area contributed by atoms with Gasteiger partial charge in [0.05, 0.1) is 0 Å². The lowest BCUT2D eigenvalue weighted by Gasteiger charge is -2.40. The van der Waals surface area contributed by atoms with Gasteiger partial charge in [-0.3, -0.25) is 0 Å². The standard InChI is InChI=1S/C13H27N3O2S/c1-3-15(4-2)19(17,18)16-11-6-5-9-13(16)12-8-7-10-14-12/h12-14H,3-11H2,1-2H3. The van der Waals surface area contributed by atoms with Crippen LogP contribution in [-0.2, 0) is 10.2 Å². The van der Waals surface area contributed by atoms with E-state index >= 15 is 0 Å². The molecule has 2 aliphatic heterocycles. The third kappa shape index (κ3) is 3.12. The molecule has 0 saturated carbocycles. The van der Waals surface area contributed by atoms with E-state index in [1.807, 2.05) is 13.8 Å².